The molecule has 0 bridgehead atoms. The van der Waals surface area contributed by atoms with Gasteiger partial charge in [0.15, 0.2) is 4.34 Å². The summed E-state index contributed by atoms with van der Waals surface area (Å²) in [6, 6.07) is 8.01. The van der Waals surface area contributed by atoms with Gasteiger partial charge in [0.1, 0.15) is 5.82 Å². The summed E-state index contributed by atoms with van der Waals surface area (Å²) < 4.78 is 14.5. The van der Waals surface area contributed by atoms with E-state index >= 15 is 0 Å². The van der Waals surface area contributed by atoms with Crippen LogP contribution in [0.1, 0.15) is 15.2 Å². The summed E-state index contributed by atoms with van der Waals surface area (Å²) in [5.74, 6) is -0.0829. The molecular formula is C14H9BrFN3OS3. The Kier molecular flexibility index (Phi) is 5.42. The standard InChI is InChI=1S/C14H9BrFN3OS3/c15-11-4-3-8(16)6-10(11)12(20)17-13-18-19-14(23-13)22-7-9-2-1-5-21-9/h1-6H,7H2,(H,17,18,20). The quantitative estimate of drug-likeness (QED) is 0.455. The third-order valence-electron chi connectivity index (χ3n) is 2.72. The van der Waals surface area contributed by atoms with Gasteiger partial charge in [-0.25, -0.2) is 4.39 Å². The largest absolute Gasteiger partial charge is 0.296 e. The van der Waals surface area contributed by atoms with Gasteiger partial charge in [-0.3, -0.25) is 10.1 Å². The van der Waals surface area contributed by atoms with E-state index in [9.17, 15) is 9.18 Å². The molecule has 4 nitrogen and oxygen atoms in total. The van der Waals surface area contributed by atoms with E-state index in [0.717, 1.165) is 10.1 Å². The van der Waals surface area contributed by atoms with Gasteiger partial charge in [-0.2, -0.15) is 0 Å². The lowest BCUT2D eigenvalue weighted by Gasteiger charge is -2.03. The Labute approximate surface area is 152 Å². The zero-order chi connectivity index (χ0) is 16.2. The number of rotatable bonds is 5. The van der Waals surface area contributed by atoms with E-state index in [2.05, 4.69) is 37.5 Å². The molecule has 0 fully saturated rings. The minimum Gasteiger partial charge on any atom is -0.296 e. The molecule has 1 N–H and O–H groups in total. The lowest BCUT2D eigenvalue weighted by molar-refractivity contribution is 0.102. The van der Waals surface area contributed by atoms with E-state index < -0.39 is 11.7 Å². The predicted octanol–water partition coefficient (Wildman–Crippen LogP) is 5.05. The van der Waals surface area contributed by atoms with Gasteiger partial charge in [0.25, 0.3) is 5.91 Å². The Hall–Kier alpha value is -1.29. The Bertz CT molecular complexity index is 823. The van der Waals surface area contributed by atoms with Crippen LogP contribution in [0.25, 0.3) is 0 Å². The maximum atomic E-state index is 13.3. The first-order chi connectivity index (χ1) is 11.1. The van der Waals surface area contributed by atoms with Crippen LogP contribution in [0.2, 0.25) is 0 Å². The van der Waals surface area contributed by atoms with Crippen molar-refractivity contribution in [3.05, 3.63) is 56.4 Å². The van der Waals surface area contributed by atoms with E-state index in [1.54, 1.807) is 23.1 Å². The molecule has 1 aromatic carbocycles. The van der Waals surface area contributed by atoms with Crippen LogP contribution in [0.4, 0.5) is 9.52 Å². The molecule has 0 radical (unpaired) electrons. The van der Waals surface area contributed by atoms with Crippen LogP contribution in [-0.4, -0.2) is 16.1 Å². The molecular weight excluding hydrogens is 421 g/mol. The molecule has 3 aromatic rings. The molecule has 9 heteroatoms. The fourth-order valence-corrected chi connectivity index (χ4v) is 4.63. The maximum Gasteiger partial charge on any atom is 0.258 e. The molecule has 0 aliphatic rings. The Balaban J connectivity index is 1.64. The van der Waals surface area contributed by atoms with E-state index in [1.807, 2.05) is 11.4 Å². The molecule has 0 spiro atoms. The molecule has 3 rings (SSSR count). The molecule has 0 saturated carbocycles. The molecule has 0 unspecified atom stereocenters. The monoisotopic (exact) mass is 429 g/mol. The van der Waals surface area contributed by atoms with Crippen LogP contribution in [0.3, 0.4) is 0 Å². The Morgan fingerprint density at radius 2 is 2.22 bits per heavy atom. The number of nitrogens with zero attached hydrogens (tertiary/aromatic N) is 2. The van der Waals surface area contributed by atoms with Gasteiger partial charge in [-0.1, -0.05) is 29.2 Å². The highest BCUT2D eigenvalue weighted by atomic mass is 79.9. The van der Waals surface area contributed by atoms with Crippen LogP contribution in [0, 0.1) is 5.82 Å². The number of amides is 1. The van der Waals surface area contributed by atoms with Gasteiger partial charge in [-0.15, -0.1) is 21.5 Å². The fraction of sp³-hybridized carbons (Fsp3) is 0.0714. The first kappa shape index (κ1) is 16.6. The number of carbonyl (C=O) groups excluding carboxylic acids is 1. The number of thioether (sulfide) groups is 1. The lowest BCUT2D eigenvalue weighted by Crippen LogP contribution is -2.12. The highest BCUT2D eigenvalue weighted by Gasteiger charge is 2.14. The SMILES string of the molecule is O=C(Nc1nnc(SCc2cccs2)s1)c1cc(F)ccc1Br. The van der Waals surface area contributed by atoms with Crippen molar-refractivity contribution in [1.82, 2.24) is 10.2 Å². The van der Waals surface area contributed by atoms with Gasteiger partial charge in [0, 0.05) is 15.1 Å². The third-order valence-corrected chi connectivity index (χ3v) is 6.49. The number of halogens is 2. The second kappa shape index (κ2) is 7.52. The molecule has 0 aliphatic carbocycles. The van der Waals surface area contributed by atoms with Crippen molar-refractivity contribution in [2.75, 3.05) is 5.32 Å². The second-order valence-electron chi connectivity index (χ2n) is 4.32. The summed E-state index contributed by atoms with van der Waals surface area (Å²) in [6.07, 6.45) is 0. The summed E-state index contributed by atoms with van der Waals surface area (Å²) >= 11 is 7.77. The summed E-state index contributed by atoms with van der Waals surface area (Å²) in [4.78, 5) is 13.4. The van der Waals surface area contributed by atoms with Gasteiger partial charge < -0.3 is 0 Å². The summed E-state index contributed by atoms with van der Waals surface area (Å²) in [5, 5.41) is 13.0. The Morgan fingerprint density at radius 3 is 3.00 bits per heavy atom. The summed E-state index contributed by atoms with van der Waals surface area (Å²) in [7, 11) is 0. The fourth-order valence-electron chi connectivity index (χ4n) is 1.68. The van der Waals surface area contributed by atoms with E-state index in [1.165, 1.54) is 34.4 Å². The molecule has 2 heterocycles. The van der Waals surface area contributed by atoms with Gasteiger partial charge in [0.05, 0.1) is 5.56 Å². The highest BCUT2D eigenvalue weighted by molar-refractivity contribution is 9.10. The number of anilines is 1. The van der Waals surface area contributed by atoms with Crippen molar-refractivity contribution in [3.63, 3.8) is 0 Å². The van der Waals surface area contributed by atoms with Crippen LogP contribution in [0.5, 0.6) is 0 Å². The molecule has 23 heavy (non-hydrogen) atoms. The number of benzene rings is 1. The zero-order valence-corrected chi connectivity index (χ0v) is 15.5. The summed E-state index contributed by atoms with van der Waals surface area (Å²) in [6.45, 7) is 0. The number of nitrogens with one attached hydrogen (secondary N) is 1. The second-order valence-corrected chi connectivity index (χ2v) is 8.41. The minimum atomic E-state index is -0.470. The number of thiophene rings is 1. The first-order valence-electron chi connectivity index (χ1n) is 6.37. The predicted molar refractivity (Wildman–Crippen MR) is 95.8 cm³/mol. The average molecular weight is 430 g/mol. The Morgan fingerprint density at radius 1 is 1.35 bits per heavy atom. The van der Waals surface area contributed by atoms with Crippen molar-refractivity contribution >= 4 is 61.4 Å². The van der Waals surface area contributed by atoms with Gasteiger partial charge in [-0.05, 0) is 45.6 Å². The minimum absolute atomic E-state index is 0.216. The van der Waals surface area contributed by atoms with E-state index in [-0.39, 0.29) is 5.56 Å². The zero-order valence-electron chi connectivity index (χ0n) is 11.5. The van der Waals surface area contributed by atoms with Crippen LogP contribution in [-0.2, 0) is 5.75 Å². The maximum absolute atomic E-state index is 13.3. The summed E-state index contributed by atoms with van der Waals surface area (Å²) in [5.41, 5.74) is 0.216. The molecule has 118 valence electrons. The molecule has 0 atom stereocenters. The van der Waals surface area contributed by atoms with Crippen molar-refractivity contribution in [2.24, 2.45) is 0 Å². The van der Waals surface area contributed by atoms with E-state index in [4.69, 9.17) is 0 Å². The number of aromatic nitrogens is 2. The van der Waals surface area contributed by atoms with E-state index in [0.29, 0.717) is 9.60 Å². The number of hydrogen-bond acceptors (Lipinski definition) is 6. The van der Waals surface area contributed by atoms with Gasteiger partial charge >= 0.3 is 0 Å². The highest BCUT2D eigenvalue weighted by Crippen LogP contribution is 2.30. The van der Waals surface area contributed by atoms with Crippen LogP contribution >= 0.6 is 50.4 Å². The number of carbonyl (C=O) groups is 1. The first-order valence-corrected chi connectivity index (χ1v) is 9.84. The topological polar surface area (TPSA) is 54.9 Å². The molecule has 0 saturated heterocycles. The van der Waals surface area contributed by atoms with Crippen molar-refractivity contribution in [3.8, 4) is 0 Å². The van der Waals surface area contributed by atoms with Crippen molar-refractivity contribution in [1.29, 1.82) is 0 Å². The molecule has 0 aliphatic heterocycles. The normalized spacial score (nSPS) is 10.7. The van der Waals surface area contributed by atoms with Crippen molar-refractivity contribution in [2.45, 2.75) is 10.1 Å². The van der Waals surface area contributed by atoms with Crippen LogP contribution < -0.4 is 5.32 Å². The average Bonchev–Trinajstić information content (AvgIpc) is 3.19. The van der Waals surface area contributed by atoms with Crippen molar-refractivity contribution < 1.29 is 9.18 Å². The number of hydrogen-bond donors (Lipinski definition) is 1. The lowest BCUT2D eigenvalue weighted by atomic mass is 10.2. The smallest absolute Gasteiger partial charge is 0.258 e. The molecule has 2 aromatic heterocycles. The van der Waals surface area contributed by atoms with Gasteiger partial charge in [0.2, 0.25) is 5.13 Å². The molecule has 1 amide bonds. The third kappa shape index (κ3) is 4.37. The van der Waals surface area contributed by atoms with Crippen LogP contribution in [0.15, 0.2) is 44.5 Å².